The Bertz CT molecular complexity index is 792. The lowest BCUT2D eigenvalue weighted by molar-refractivity contribution is 0.103. The number of nitrogens with zero attached hydrogens (tertiary/aromatic N) is 1. The minimum absolute atomic E-state index is 0.274. The molecule has 0 saturated carbocycles. The molecule has 1 aromatic rings. The van der Waals surface area contributed by atoms with Crippen molar-refractivity contribution in [3.63, 3.8) is 0 Å². The van der Waals surface area contributed by atoms with Gasteiger partial charge < -0.3 is 14.8 Å². The van der Waals surface area contributed by atoms with Crippen molar-refractivity contribution in [2.45, 2.75) is 6.10 Å². The Balaban J connectivity index is 1.98. The number of nitrogens with one attached hydrogen (secondary N) is 1. The molecule has 1 unspecified atom stereocenters. The predicted molar refractivity (Wildman–Crippen MR) is 95.9 cm³/mol. The molecule has 1 N–H and O–H groups in total. The number of benzene rings is 1. The molecule has 1 aliphatic carbocycles. The number of allylic oxidation sites excluding steroid dienone is 3. The van der Waals surface area contributed by atoms with Crippen LogP contribution in [-0.4, -0.2) is 26.5 Å². The molecule has 0 radical (unpaired) electrons. The van der Waals surface area contributed by atoms with Gasteiger partial charge in [-0.2, -0.15) is 0 Å². The van der Waals surface area contributed by atoms with Crippen LogP contribution in [0.1, 0.15) is 5.56 Å². The zero-order valence-corrected chi connectivity index (χ0v) is 14.8. The number of hydrogen-bond acceptors (Lipinski definition) is 4. The lowest BCUT2D eigenvalue weighted by Crippen LogP contribution is -2.27. The highest BCUT2D eigenvalue weighted by Crippen LogP contribution is 2.34. The van der Waals surface area contributed by atoms with E-state index in [9.17, 15) is 4.39 Å². The fourth-order valence-corrected chi connectivity index (χ4v) is 3.14. The Labute approximate surface area is 148 Å². The predicted octanol–water partition coefficient (Wildman–Crippen LogP) is 3.89. The second-order valence-electron chi connectivity index (χ2n) is 5.18. The molecule has 1 heterocycles. The average molecular weight is 391 g/mol. The molecule has 4 nitrogen and oxygen atoms in total. The van der Waals surface area contributed by atoms with Crippen LogP contribution in [0.2, 0.25) is 0 Å². The van der Waals surface area contributed by atoms with Crippen molar-refractivity contribution >= 4 is 27.8 Å². The summed E-state index contributed by atoms with van der Waals surface area (Å²) in [5.74, 6) is 0.431. The highest BCUT2D eigenvalue weighted by molar-refractivity contribution is 9.12. The van der Waals surface area contributed by atoms with Crippen LogP contribution in [0.5, 0.6) is 0 Å². The van der Waals surface area contributed by atoms with E-state index in [2.05, 4.69) is 26.2 Å². The highest BCUT2D eigenvalue weighted by atomic mass is 79.9. The third-order valence-electron chi connectivity index (χ3n) is 3.77. The molecule has 0 spiro atoms. The number of methoxy groups -OCH3 is 2. The van der Waals surface area contributed by atoms with Crippen molar-refractivity contribution in [2.75, 3.05) is 14.2 Å². The van der Waals surface area contributed by atoms with Gasteiger partial charge in [0, 0.05) is 17.2 Å². The van der Waals surface area contributed by atoms with Gasteiger partial charge in [-0.25, -0.2) is 4.39 Å². The summed E-state index contributed by atoms with van der Waals surface area (Å²) in [7, 11) is 3.24. The van der Waals surface area contributed by atoms with Crippen molar-refractivity contribution in [1.29, 1.82) is 0 Å². The lowest BCUT2D eigenvalue weighted by atomic mass is 9.99. The van der Waals surface area contributed by atoms with Crippen LogP contribution in [0.25, 0.3) is 5.70 Å². The van der Waals surface area contributed by atoms with Crippen molar-refractivity contribution in [2.24, 2.45) is 4.99 Å². The minimum atomic E-state index is -0.351. The van der Waals surface area contributed by atoms with Gasteiger partial charge in [-0.3, -0.25) is 4.99 Å². The maximum atomic E-state index is 13.1. The largest absolute Gasteiger partial charge is 0.498 e. The first-order valence-electron chi connectivity index (χ1n) is 7.29. The Morgan fingerprint density at radius 2 is 1.92 bits per heavy atom. The Morgan fingerprint density at radius 1 is 1.17 bits per heavy atom. The first-order chi connectivity index (χ1) is 11.6. The average Bonchev–Trinajstić information content (AvgIpc) is 2.62. The van der Waals surface area contributed by atoms with Crippen LogP contribution in [0.3, 0.4) is 0 Å². The van der Waals surface area contributed by atoms with E-state index in [1.165, 1.54) is 12.1 Å². The second-order valence-corrected chi connectivity index (χ2v) is 6.04. The number of hydrogen-bond donors (Lipinski definition) is 1. The first kappa shape index (κ1) is 16.7. The molecule has 0 aromatic heterocycles. The summed E-state index contributed by atoms with van der Waals surface area (Å²) in [4.78, 5) is 4.30. The van der Waals surface area contributed by atoms with Gasteiger partial charge in [0.15, 0.2) is 0 Å². The van der Waals surface area contributed by atoms with Crippen LogP contribution in [-0.2, 0) is 9.47 Å². The molecule has 1 atom stereocenters. The molecule has 0 fully saturated rings. The van der Waals surface area contributed by atoms with Gasteiger partial charge >= 0.3 is 0 Å². The lowest BCUT2D eigenvalue weighted by Gasteiger charge is -2.27. The normalized spacial score (nSPS) is 23.2. The van der Waals surface area contributed by atoms with E-state index in [4.69, 9.17) is 9.47 Å². The summed E-state index contributed by atoms with van der Waals surface area (Å²) in [5.41, 5.74) is 3.30. The van der Waals surface area contributed by atoms with Crippen LogP contribution in [0, 0.1) is 5.82 Å². The Kier molecular flexibility index (Phi) is 4.97. The Hall–Kier alpha value is -2.18. The summed E-state index contributed by atoms with van der Waals surface area (Å²) in [5, 5.41) is 3.33. The number of aliphatic imine (C=N–C) groups is 1. The molecule has 6 heteroatoms. The van der Waals surface area contributed by atoms with E-state index < -0.39 is 0 Å². The fourth-order valence-electron chi connectivity index (χ4n) is 2.59. The van der Waals surface area contributed by atoms with Crippen LogP contribution < -0.4 is 5.32 Å². The molecule has 1 aromatic carbocycles. The van der Waals surface area contributed by atoms with Gasteiger partial charge in [0.2, 0.25) is 0 Å². The standard InChI is InChI=1S/C18H16BrFN2O2/c1-23-16-8-7-13(19)17(18(16)24-2)15-10-21-9-14(22-15)11-3-5-12(20)6-4-11/h3-10,18,22H,1-2H3/b17-15+. The van der Waals surface area contributed by atoms with Gasteiger partial charge in [-0.15, -0.1) is 0 Å². The van der Waals surface area contributed by atoms with Crippen LogP contribution in [0.15, 0.2) is 69.1 Å². The van der Waals surface area contributed by atoms with Gasteiger partial charge in [0.25, 0.3) is 0 Å². The van der Waals surface area contributed by atoms with Crippen LogP contribution in [0.4, 0.5) is 4.39 Å². The van der Waals surface area contributed by atoms with Crippen LogP contribution >= 0.6 is 15.9 Å². The molecule has 124 valence electrons. The monoisotopic (exact) mass is 390 g/mol. The fraction of sp³-hybridized carbons (Fsp3) is 0.167. The topological polar surface area (TPSA) is 42.8 Å². The van der Waals surface area contributed by atoms with Gasteiger partial charge in [-0.1, -0.05) is 15.9 Å². The van der Waals surface area contributed by atoms with Gasteiger partial charge in [-0.05, 0) is 42.0 Å². The number of halogens is 2. The van der Waals surface area contributed by atoms with Crippen molar-refractivity contribution in [1.82, 2.24) is 5.32 Å². The van der Waals surface area contributed by atoms with Crippen molar-refractivity contribution in [3.8, 4) is 0 Å². The maximum Gasteiger partial charge on any atom is 0.142 e. The molecule has 2 aliphatic rings. The summed E-state index contributed by atoms with van der Waals surface area (Å²) in [6, 6.07) is 6.25. The van der Waals surface area contributed by atoms with E-state index in [0.29, 0.717) is 5.76 Å². The Morgan fingerprint density at radius 3 is 2.58 bits per heavy atom. The van der Waals surface area contributed by atoms with Crippen molar-refractivity contribution in [3.05, 3.63) is 75.5 Å². The molecule has 1 aliphatic heterocycles. The summed E-state index contributed by atoms with van der Waals surface area (Å²) < 4.78 is 25.0. The molecular formula is C18H16BrFN2O2. The molecule has 24 heavy (non-hydrogen) atoms. The minimum Gasteiger partial charge on any atom is -0.498 e. The highest BCUT2D eigenvalue weighted by Gasteiger charge is 2.28. The summed E-state index contributed by atoms with van der Waals surface area (Å²) in [6.07, 6.45) is 6.84. The van der Waals surface area contributed by atoms with E-state index in [1.54, 1.807) is 38.8 Å². The molecule has 3 rings (SSSR count). The molecule has 0 amide bonds. The smallest absolute Gasteiger partial charge is 0.142 e. The number of ether oxygens (including phenoxy) is 2. The second kappa shape index (κ2) is 7.15. The molecule has 0 saturated heterocycles. The zero-order chi connectivity index (χ0) is 17.1. The van der Waals surface area contributed by atoms with Crippen molar-refractivity contribution < 1.29 is 13.9 Å². The van der Waals surface area contributed by atoms with E-state index in [-0.39, 0.29) is 11.9 Å². The quantitative estimate of drug-likeness (QED) is 0.850. The summed E-state index contributed by atoms with van der Waals surface area (Å²) in [6.45, 7) is 0. The van der Waals surface area contributed by atoms with E-state index in [0.717, 1.165) is 27.0 Å². The van der Waals surface area contributed by atoms with E-state index in [1.807, 2.05) is 12.2 Å². The number of rotatable bonds is 3. The van der Waals surface area contributed by atoms with Gasteiger partial charge in [0.05, 0.1) is 30.9 Å². The molecular weight excluding hydrogens is 375 g/mol. The molecule has 0 bridgehead atoms. The third-order valence-corrected chi connectivity index (χ3v) is 4.46. The van der Waals surface area contributed by atoms with E-state index >= 15 is 0 Å². The first-order valence-corrected chi connectivity index (χ1v) is 8.08. The summed E-state index contributed by atoms with van der Waals surface area (Å²) >= 11 is 3.57. The van der Waals surface area contributed by atoms with Gasteiger partial charge in [0.1, 0.15) is 17.7 Å². The zero-order valence-electron chi connectivity index (χ0n) is 13.2. The SMILES string of the molecule is COC1=CC=C(Br)/C(=C2/C=NC=C(c3ccc(F)cc3)N2)C1OC. The maximum absolute atomic E-state index is 13.1. The third kappa shape index (κ3) is 3.20.